The molecule has 0 fully saturated rings. The molecule has 0 saturated carbocycles. The van der Waals surface area contributed by atoms with Gasteiger partial charge in [0.2, 0.25) is 5.91 Å². The molecule has 0 aromatic heterocycles. The molecule has 0 aliphatic heterocycles. The van der Waals surface area contributed by atoms with Crippen LogP contribution < -0.4 is 11.1 Å². The van der Waals surface area contributed by atoms with E-state index in [4.69, 9.17) is 10.5 Å². The summed E-state index contributed by atoms with van der Waals surface area (Å²) in [6.45, 7) is 1.11. The zero-order valence-electron chi connectivity index (χ0n) is 10.9. The number of benzene rings is 1. The van der Waals surface area contributed by atoms with Crippen molar-refractivity contribution in [1.29, 1.82) is 0 Å². The van der Waals surface area contributed by atoms with E-state index in [0.29, 0.717) is 31.5 Å². The standard InChI is InChI=1S/C13H19FN2O2.ClH/c1-18-9-11-7-10(4-5-12(11)14)8-16-13(17)3-2-6-15;/h4-5,7H,2-3,6,8-9,15H2,1H3,(H,16,17);1H. The zero-order chi connectivity index (χ0) is 13.4. The first-order chi connectivity index (χ1) is 8.67. The summed E-state index contributed by atoms with van der Waals surface area (Å²) in [4.78, 5) is 11.4. The molecule has 0 aliphatic carbocycles. The maximum atomic E-state index is 13.3. The lowest BCUT2D eigenvalue weighted by atomic mass is 10.1. The molecular formula is C13H20ClFN2O2. The Kier molecular flexibility index (Phi) is 9.12. The normalized spacial score (nSPS) is 9.84. The maximum absolute atomic E-state index is 13.3. The first-order valence-corrected chi connectivity index (χ1v) is 5.90. The van der Waals surface area contributed by atoms with Gasteiger partial charge in [0, 0.05) is 25.6 Å². The number of ether oxygens (including phenoxy) is 1. The van der Waals surface area contributed by atoms with E-state index in [1.54, 1.807) is 12.1 Å². The van der Waals surface area contributed by atoms with Gasteiger partial charge in [-0.2, -0.15) is 0 Å². The summed E-state index contributed by atoms with van der Waals surface area (Å²) in [6.07, 6.45) is 1.09. The lowest BCUT2D eigenvalue weighted by Crippen LogP contribution is -2.23. The lowest BCUT2D eigenvalue weighted by Gasteiger charge is -2.08. The average Bonchev–Trinajstić information content (AvgIpc) is 2.37. The van der Waals surface area contributed by atoms with Gasteiger partial charge in [0.25, 0.3) is 0 Å². The summed E-state index contributed by atoms with van der Waals surface area (Å²) >= 11 is 0. The van der Waals surface area contributed by atoms with Crippen LogP contribution in [0.2, 0.25) is 0 Å². The van der Waals surface area contributed by atoms with Crippen LogP contribution in [0.3, 0.4) is 0 Å². The molecule has 1 aromatic carbocycles. The molecular weight excluding hydrogens is 271 g/mol. The molecule has 0 bridgehead atoms. The number of carbonyl (C=O) groups excluding carboxylic acids is 1. The molecule has 0 heterocycles. The highest BCUT2D eigenvalue weighted by molar-refractivity contribution is 5.85. The maximum Gasteiger partial charge on any atom is 0.220 e. The van der Waals surface area contributed by atoms with Gasteiger partial charge < -0.3 is 15.8 Å². The van der Waals surface area contributed by atoms with Crippen molar-refractivity contribution in [2.75, 3.05) is 13.7 Å². The van der Waals surface area contributed by atoms with Crippen LogP contribution in [0.25, 0.3) is 0 Å². The Morgan fingerprint density at radius 2 is 2.21 bits per heavy atom. The molecule has 0 radical (unpaired) electrons. The summed E-state index contributed by atoms with van der Waals surface area (Å²) in [6, 6.07) is 4.73. The number of nitrogens with one attached hydrogen (secondary N) is 1. The van der Waals surface area contributed by atoms with Crippen molar-refractivity contribution in [1.82, 2.24) is 5.32 Å². The summed E-state index contributed by atoms with van der Waals surface area (Å²) < 4.78 is 18.2. The molecule has 19 heavy (non-hydrogen) atoms. The minimum atomic E-state index is -0.296. The van der Waals surface area contributed by atoms with Crippen LogP contribution in [0.4, 0.5) is 4.39 Å². The van der Waals surface area contributed by atoms with Gasteiger partial charge in [0.1, 0.15) is 5.82 Å². The quantitative estimate of drug-likeness (QED) is 0.804. The number of hydrogen-bond acceptors (Lipinski definition) is 3. The molecule has 4 nitrogen and oxygen atoms in total. The second-order valence-corrected chi connectivity index (χ2v) is 4.03. The molecule has 1 aromatic rings. The van der Waals surface area contributed by atoms with Gasteiger partial charge in [-0.05, 0) is 30.7 Å². The van der Waals surface area contributed by atoms with Crippen molar-refractivity contribution >= 4 is 18.3 Å². The number of methoxy groups -OCH3 is 1. The zero-order valence-corrected chi connectivity index (χ0v) is 11.8. The van der Waals surface area contributed by atoms with Gasteiger partial charge in [-0.25, -0.2) is 4.39 Å². The van der Waals surface area contributed by atoms with Gasteiger partial charge >= 0.3 is 0 Å². The summed E-state index contributed by atoms with van der Waals surface area (Å²) in [5.41, 5.74) is 6.66. The Morgan fingerprint density at radius 3 is 2.84 bits per heavy atom. The van der Waals surface area contributed by atoms with Gasteiger partial charge in [-0.3, -0.25) is 4.79 Å². The van der Waals surface area contributed by atoms with Crippen molar-refractivity contribution in [2.24, 2.45) is 5.73 Å². The number of hydrogen-bond donors (Lipinski definition) is 2. The minimum Gasteiger partial charge on any atom is -0.380 e. The van der Waals surface area contributed by atoms with Crippen LogP contribution in [0.1, 0.15) is 24.0 Å². The summed E-state index contributed by atoms with van der Waals surface area (Å²) in [7, 11) is 1.51. The SMILES string of the molecule is COCc1cc(CNC(=O)CCCN)ccc1F.Cl. The predicted octanol–water partition coefficient (Wildman–Crippen LogP) is 1.75. The second kappa shape index (κ2) is 9.72. The third kappa shape index (κ3) is 6.52. The molecule has 1 amide bonds. The van der Waals surface area contributed by atoms with Crippen LogP contribution in [0.5, 0.6) is 0 Å². The van der Waals surface area contributed by atoms with Gasteiger partial charge in [-0.1, -0.05) is 6.07 Å². The second-order valence-electron chi connectivity index (χ2n) is 4.03. The van der Waals surface area contributed by atoms with Crippen LogP contribution in [0, 0.1) is 5.82 Å². The number of amides is 1. The summed E-state index contributed by atoms with van der Waals surface area (Å²) in [5, 5.41) is 2.76. The van der Waals surface area contributed by atoms with Gasteiger partial charge in [0.15, 0.2) is 0 Å². The van der Waals surface area contributed by atoms with E-state index in [2.05, 4.69) is 5.32 Å². The van der Waals surface area contributed by atoms with Crippen molar-refractivity contribution < 1.29 is 13.9 Å². The molecule has 3 N–H and O–H groups in total. The Hall–Kier alpha value is -1.17. The molecule has 108 valence electrons. The Balaban J connectivity index is 0.00000324. The highest BCUT2D eigenvalue weighted by Crippen LogP contribution is 2.11. The average molecular weight is 291 g/mol. The monoisotopic (exact) mass is 290 g/mol. The van der Waals surface area contributed by atoms with E-state index < -0.39 is 0 Å². The van der Waals surface area contributed by atoms with E-state index >= 15 is 0 Å². The Labute approximate surface area is 118 Å². The van der Waals surface area contributed by atoms with E-state index in [9.17, 15) is 9.18 Å². The molecule has 6 heteroatoms. The number of halogens is 2. The predicted molar refractivity (Wildman–Crippen MR) is 74.5 cm³/mol. The van der Waals surface area contributed by atoms with E-state index in [1.807, 2.05) is 0 Å². The molecule has 0 unspecified atom stereocenters. The Bertz CT molecular complexity index is 402. The van der Waals surface area contributed by atoms with E-state index in [0.717, 1.165) is 5.56 Å². The third-order valence-electron chi connectivity index (χ3n) is 2.51. The summed E-state index contributed by atoms with van der Waals surface area (Å²) in [5.74, 6) is -0.340. The van der Waals surface area contributed by atoms with Crippen molar-refractivity contribution in [3.05, 3.63) is 35.1 Å². The minimum absolute atomic E-state index is 0. The number of rotatable bonds is 7. The van der Waals surface area contributed by atoms with Crippen molar-refractivity contribution in [3.8, 4) is 0 Å². The van der Waals surface area contributed by atoms with Crippen molar-refractivity contribution in [3.63, 3.8) is 0 Å². The molecule has 0 spiro atoms. The fourth-order valence-corrected chi connectivity index (χ4v) is 1.56. The first-order valence-electron chi connectivity index (χ1n) is 5.90. The van der Waals surface area contributed by atoms with Crippen LogP contribution in [-0.2, 0) is 22.7 Å². The van der Waals surface area contributed by atoms with E-state index in [-0.39, 0.29) is 30.7 Å². The Morgan fingerprint density at radius 1 is 1.47 bits per heavy atom. The van der Waals surface area contributed by atoms with Crippen LogP contribution in [-0.4, -0.2) is 19.6 Å². The number of carbonyl (C=O) groups is 1. The molecule has 1 rings (SSSR count). The fraction of sp³-hybridized carbons (Fsp3) is 0.462. The van der Waals surface area contributed by atoms with Crippen LogP contribution >= 0.6 is 12.4 Å². The van der Waals surface area contributed by atoms with Gasteiger partial charge in [0.05, 0.1) is 6.61 Å². The third-order valence-corrected chi connectivity index (χ3v) is 2.51. The highest BCUT2D eigenvalue weighted by atomic mass is 35.5. The molecule has 0 atom stereocenters. The first kappa shape index (κ1) is 17.8. The highest BCUT2D eigenvalue weighted by Gasteiger charge is 2.05. The smallest absolute Gasteiger partial charge is 0.220 e. The largest absolute Gasteiger partial charge is 0.380 e. The molecule has 0 saturated heterocycles. The molecule has 0 aliphatic rings. The topological polar surface area (TPSA) is 64.3 Å². The van der Waals surface area contributed by atoms with Gasteiger partial charge in [-0.15, -0.1) is 12.4 Å². The van der Waals surface area contributed by atoms with Crippen LogP contribution in [0.15, 0.2) is 18.2 Å². The fourth-order valence-electron chi connectivity index (χ4n) is 1.56. The van der Waals surface area contributed by atoms with E-state index in [1.165, 1.54) is 13.2 Å². The van der Waals surface area contributed by atoms with Crippen molar-refractivity contribution in [2.45, 2.75) is 26.0 Å². The number of nitrogens with two attached hydrogens (primary N) is 1. The lowest BCUT2D eigenvalue weighted by molar-refractivity contribution is -0.121.